The largest absolute Gasteiger partial charge is 0.325 e. The monoisotopic (exact) mass is 264 g/mol. The van der Waals surface area contributed by atoms with Crippen LogP contribution in [0.5, 0.6) is 0 Å². The van der Waals surface area contributed by atoms with E-state index in [4.69, 9.17) is 5.73 Å². The molecule has 14 heavy (non-hydrogen) atoms. The summed E-state index contributed by atoms with van der Waals surface area (Å²) in [6.07, 6.45) is -2.36. The molecule has 0 atom stereocenters. The Hall–Kier alpha value is -0.880. The fourth-order valence-electron chi connectivity index (χ4n) is 1.01. The van der Waals surface area contributed by atoms with Gasteiger partial charge in [0.1, 0.15) is 4.60 Å². The second-order valence-corrected chi connectivity index (χ2v) is 3.28. The highest BCUT2D eigenvalue weighted by Gasteiger charge is 2.18. The second-order valence-electron chi connectivity index (χ2n) is 2.53. The van der Waals surface area contributed by atoms with Crippen molar-refractivity contribution in [3.8, 4) is 0 Å². The van der Waals surface area contributed by atoms with E-state index in [0.717, 1.165) is 0 Å². The molecule has 0 amide bonds. The normalized spacial score (nSPS) is 10.6. The van der Waals surface area contributed by atoms with Crippen molar-refractivity contribution in [3.63, 3.8) is 0 Å². The van der Waals surface area contributed by atoms with Crippen molar-refractivity contribution in [1.82, 2.24) is 4.98 Å². The number of aromatic nitrogens is 1. The molecule has 0 fully saturated rings. The first kappa shape index (κ1) is 11.2. The summed E-state index contributed by atoms with van der Waals surface area (Å²) in [5.74, 6) is 0. The minimum atomic E-state index is -2.73. The molecule has 3 nitrogen and oxygen atoms in total. The molecule has 0 aromatic carbocycles. The highest BCUT2D eigenvalue weighted by Crippen LogP contribution is 2.28. The predicted octanol–water partition coefficient (Wildman–Crippen LogP) is 2.05. The lowest BCUT2D eigenvalue weighted by atomic mass is 10.1. The Labute approximate surface area is 87.4 Å². The van der Waals surface area contributed by atoms with Gasteiger partial charge in [0, 0.05) is 12.1 Å². The van der Waals surface area contributed by atoms with Gasteiger partial charge in [0.05, 0.1) is 11.3 Å². The van der Waals surface area contributed by atoms with Gasteiger partial charge < -0.3 is 5.73 Å². The van der Waals surface area contributed by atoms with Gasteiger partial charge in [-0.25, -0.2) is 13.8 Å². The molecule has 1 aromatic heterocycles. The van der Waals surface area contributed by atoms with Gasteiger partial charge in [-0.2, -0.15) is 0 Å². The standard InChI is InChI=1S/C8H7BrF2N2O/c9-7-6(8(10)11)4(3-14)1-5(2-12)13-7/h1,3,8H,2,12H2. The van der Waals surface area contributed by atoms with Crippen molar-refractivity contribution >= 4 is 22.2 Å². The number of carbonyl (C=O) groups excluding carboxylic acids is 1. The van der Waals surface area contributed by atoms with Crippen LogP contribution in [0, 0.1) is 0 Å². The minimum Gasteiger partial charge on any atom is -0.325 e. The van der Waals surface area contributed by atoms with Crippen molar-refractivity contribution in [2.45, 2.75) is 13.0 Å². The Morgan fingerprint density at radius 2 is 2.29 bits per heavy atom. The lowest BCUT2D eigenvalue weighted by Crippen LogP contribution is -2.05. The van der Waals surface area contributed by atoms with Crippen LogP contribution >= 0.6 is 15.9 Å². The fourth-order valence-corrected chi connectivity index (χ4v) is 1.64. The van der Waals surface area contributed by atoms with E-state index < -0.39 is 12.0 Å². The predicted molar refractivity (Wildman–Crippen MR) is 50.2 cm³/mol. The molecular formula is C8H7BrF2N2O. The molecule has 0 saturated heterocycles. The lowest BCUT2D eigenvalue weighted by molar-refractivity contribution is 0.110. The zero-order chi connectivity index (χ0) is 10.7. The van der Waals surface area contributed by atoms with Crippen LogP contribution in [-0.4, -0.2) is 11.3 Å². The van der Waals surface area contributed by atoms with Crippen LogP contribution in [0.15, 0.2) is 10.7 Å². The van der Waals surface area contributed by atoms with Gasteiger partial charge in [-0.15, -0.1) is 0 Å². The summed E-state index contributed by atoms with van der Waals surface area (Å²) in [5.41, 5.74) is 5.20. The van der Waals surface area contributed by atoms with Crippen LogP contribution in [0.3, 0.4) is 0 Å². The van der Waals surface area contributed by atoms with E-state index in [1.165, 1.54) is 6.07 Å². The maximum atomic E-state index is 12.5. The van der Waals surface area contributed by atoms with E-state index in [9.17, 15) is 13.6 Å². The number of nitrogens with two attached hydrogens (primary N) is 1. The highest BCUT2D eigenvalue weighted by atomic mass is 79.9. The zero-order valence-electron chi connectivity index (χ0n) is 7.01. The second kappa shape index (κ2) is 4.56. The summed E-state index contributed by atoms with van der Waals surface area (Å²) in [6.45, 7) is 0.100. The summed E-state index contributed by atoms with van der Waals surface area (Å²) in [7, 11) is 0. The molecule has 76 valence electrons. The van der Waals surface area contributed by atoms with Gasteiger partial charge in [0.2, 0.25) is 0 Å². The van der Waals surface area contributed by atoms with E-state index in [2.05, 4.69) is 20.9 Å². The third kappa shape index (κ3) is 2.13. The van der Waals surface area contributed by atoms with E-state index in [1.54, 1.807) is 0 Å². The number of rotatable bonds is 3. The first-order valence-electron chi connectivity index (χ1n) is 3.72. The van der Waals surface area contributed by atoms with Crippen LogP contribution in [0.4, 0.5) is 8.78 Å². The van der Waals surface area contributed by atoms with E-state index in [1.807, 2.05) is 0 Å². The van der Waals surface area contributed by atoms with Gasteiger partial charge in [-0.1, -0.05) is 0 Å². The molecule has 1 rings (SSSR count). The van der Waals surface area contributed by atoms with Gasteiger partial charge >= 0.3 is 0 Å². The lowest BCUT2D eigenvalue weighted by Gasteiger charge is -2.07. The van der Waals surface area contributed by atoms with Crippen LogP contribution in [-0.2, 0) is 6.54 Å². The Bertz CT molecular complexity index is 357. The summed E-state index contributed by atoms with van der Waals surface area (Å²) < 4.78 is 24.9. The average molecular weight is 265 g/mol. The molecule has 0 aliphatic rings. The third-order valence-electron chi connectivity index (χ3n) is 1.65. The van der Waals surface area contributed by atoms with Crippen LogP contribution in [0.25, 0.3) is 0 Å². The van der Waals surface area contributed by atoms with Crippen molar-refractivity contribution in [2.24, 2.45) is 5.73 Å². The van der Waals surface area contributed by atoms with Gasteiger partial charge in [0.15, 0.2) is 6.29 Å². The smallest absolute Gasteiger partial charge is 0.267 e. The number of carbonyl (C=O) groups is 1. The third-order valence-corrected chi connectivity index (χ3v) is 2.26. The topological polar surface area (TPSA) is 56.0 Å². The molecule has 0 bridgehead atoms. The number of hydrogen-bond acceptors (Lipinski definition) is 3. The van der Waals surface area contributed by atoms with E-state index >= 15 is 0 Å². The number of hydrogen-bond donors (Lipinski definition) is 1. The number of aldehydes is 1. The summed E-state index contributed by atoms with van der Waals surface area (Å²) in [6, 6.07) is 1.26. The molecule has 0 aliphatic carbocycles. The van der Waals surface area contributed by atoms with Crippen LogP contribution in [0.2, 0.25) is 0 Å². The van der Waals surface area contributed by atoms with Crippen LogP contribution < -0.4 is 5.73 Å². The number of pyridine rings is 1. The summed E-state index contributed by atoms with van der Waals surface area (Å²) in [4.78, 5) is 14.3. The maximum absolute atomic E-state index is 12.5. The van der Waals surface area contributed by atoms with Crippen molar-refractivity contribution in [3.05, 3.63) is 27.5 Å². The highest BCUT2D eigenvalue weighted by molar-refractivity contribution is 9.10. The Kier molecular flexibility index (Phi) is 3.65. The average Bonchev–Trinajstić information content (AvgIpc) is 2.15. The first-order chi connectivity index (χ1) is 6.60. The van der Waals surface area contributed by atoms with Crippen LogP contribution in [0.1, 0.15) is 28.0 Å². The molecule has 0 unspecified atom stereocenters. The molecule has 0 saturated carbocycles. The van der Waals surface area contributed by atoms with E-state index in [0.29, 0.717) is 12.0 Å². The Morgan fingerprint density at radius 3 is 2.71 bits per heavy atom. The Morgan fingerprint density at radius 1 is 1.64 bits per heavy atom. The molecule has 0 spiro atoms. The molecule has 0 radical (unpaired) electrons. The molecular weight excluding hydrogens is 258 g/mol. The maximum Gasteiger partial charge on any atom is 0.267 e. The molecule has 1 aromatic rings. The van der Waals surface area contributed by atoms with Gasteiger partial charge in [0.25, 0.3) is 6.43 Å². The van der Waals surface area contributed by atoms with Crippen molar-refractivity contribution in [1.29, 1.82) is 0 Å². The SMILES string of the molecule is NCc1cc(C=O)c(C(F)F)c(Br)n1. The molecule has 6 heteroatoms. The first-order valence-corrected chi connectivity index (χ1v) is 4.52. The number of halogens is 3. The van der Waals surface area contributed by atoms with Gasteiger partial charge in [-0.3, -0.25) is 4.79 Å². The van der Waals surface area contributed by atoms with Gasteiger partial charge in [-0.05, 0) is 22.0 Å². The molecule has 2 N–H and O–H groups in total. The fraction of sp³-hybridized carbons (Fsp3) is 0.250. The molecule has 1 heterocycles. The quantitative estimate of drug-likeness (QED) is 0.672. The number of alkyl halides is 2. The summed E-state index contributed by atoms with van der Waals surface area (Å²) >= 11 is 2.87. The van der Waals surface area contributed by atoms with Crippen molar-refractivity contribution in [2.75, 3.05) is 0 Å². The minimum absolute atomic E-state index is 0.0300. The zero-order valence-corrected chi connectivity index (χ0v) is 8.59. The molecule has 0 aliphatic heterocycles. The number of nitrogens with zero attached hydrogens (tertiary/aromatic N) is 1. The van der Waals surface area contributed by atoms with Crippen molar-refractivity contribution < 1.29 is 13.6 Å². The Balaban J connectivity index is 3.34. The summed E-state index contributed by atoms with van der Waals surface area (Å²) in [5, 5.41) is 0. The van der Waals surface area contributed by atoms with E-state index in [-0.39, 0.29) is 16.7 Å².